The van der Waals surface area contributed by atoms with Crippen LogP contribution in [0.25, 0.3) is 0 Å². The van der Waals surface area contributed by atoms with Gasteiger partial charge in [0, 0.05) is 25.7 Å². The summed E-state index contributed by atoms with van der Waals surface area (Å²) < 4.78 is 26.9. The summed E-state index contributed by atoms with van der Waals surface area (Å²) in [6.07, 6.45) is 1.85. The largest absolute Gasteiger partial charge is 0.333 e. The number of urea groups is 1. The Hall–Kier alpha value is -1.69. The molecule has 0 bridgehead atoms. The zero-order valence-corrected chi connectivity index (χ0v) is 13.6. The summed E-state index contributed by atoms with van der Waals surface area (Å²) in [7, 11) is 0. The number of amides is 2. The van der Waals surface area contributed by atoms with Crippen molar-refractivity contribution in [1.29, 1.82) is 0 Å². The van der Waals surface area contributed by atoms with E-state index in [-0.39, 0.29) is 24.2 Å². The molecule has 3 rings (SSSR count). The summed E-state index contributed by atoms with van der Waals surface area (Å²) in [4.78, 5) is 16.2. The number of carbonyl (C=O) groups is 1. The van der Waals surface area contributed by atoms with Crippen LogP contribution < -0.4 is 5.32 Å². The highest BCUT2D eigenvalue weighted by atomic mass is 19.2. The number of halogens is 2. The lowest BCUT2D eigenvalue weighted by atomic mass is 9.99. The van der Waals surface area contributed by atoms with Crippen LogP contribution >= 0.6 is 0 Å². The maximum atomic E-state index is 13.7. The lowest BCUT2D eigenvalue weighted by molar-refractivity contribution is 0.154. The van der Waals surface area contributed by atoms with Gasteiger partial charge in [0.2, 0.25) is 0 Å². The molecule has 2 fully saturated rings. The second kappa shape index (κ2) is 6.43. The predicted octanol–water partition coefficient (Wildman–Crippen LogP) is 2.90. The molecule has 2 heterocycles. The number of nitrogens with zero attached hydrogens (tertiary/aromatic N) is 2. The Balaban J connectivity index is 1.82. The Morgan fingerprint density at radius 1 is 1.22 bits per heavy atom. The third-order valence-electron chi connectivity index (χ3n) is 4.84. The number of likely N-dealkylation sites (tertiary alicyclic amines) is 2. The van der Waals surface area contributed by atoms with Crippen LogP contribution in [-0.4, -0.2) is 47.5 Å². The zero-order valence-electron chi connectivity index (χ0n) is 13.6. The van der Waals surface area contributed by atoms with Crippen molar-refractivity contribution in [2.45, 2.75) is 44.8 Å². The quantitative estimate of drug-likeness (QED) is 0.928. The van der Waals surface area contributed by atoms with Crippen molar-refractivity contribution < 1.29 is 13.6 Å². The van der Waals surface area contributed by atoms with E-state index in [9.17, 15) is 13.6 Å². The topological polar surface area (TPSA) is 35.6 Å². The number of hydrogen-bond donors (Lipinski definition) is 1. The Bertz CT molecular complexity index is 589. The van der Waals surface area contributed by atoms with Crippen molar-refractivity contribution in [3.63, 3.8) is 0 Å². The van der Waals surface area contributed by atoms with Gasteiger partial charge in [-0.05, 0) is 44.4 Å². The Labute approximate surface area is 135 Å². The number of nitrogens with one attached hydrogen (secondary N) is 1. The first-order valence-electron chi connectivity index (χ1n) is 8.23. The highest BCUT2D eigenvalue weighted by Crippen LogP contribution is 2.34. The minimum atomic E-state index is -0.844. The highest BCUT2D eigenvalue weighted by Gasteiger charge is 2.38. The average molecular weight is 323 g/mol. The van der Waals surface area contributed by atoms with E-state index < -0.39 is 11.6 Å². The first-order valence-corrected chi connectivity index (χ1v) is 8.23. The lowest BCUT2D eigenvalue weighted by Gasteiger charge is -2.35. The summed E-state index contributed by atoms with van der Waals surface area (Å²) >= 11 is 0. The summed E-state index contributed by atoms with van der Waals surface area (Å²) in [5.74, 6) is -1.69. The fourth-order valence-electron chi connectivity index (χ4n) is 3.44. The van der Waals surface area contributed by atoms with Gasteiger partial charge in [-0.15, -0.1) is 0 Å². The van der Waals surface area contributed by atoms with E-state index in [1.54, 1.807) is 11.0 Å². The average Bonchev–Trinajstić information content (AvgIpc) is 2.83. The van der Waals surface area contributed by atoms with E-state index in [0.29, 0.717) is 5.56 Å². The van der Waals surface area contributed by atoms with Gasteiger partial charge in [0.1, 0.15) is 0 Å². The number of rotatable bonds is 3. The highest BCUT2D eigenvalue weighted by molar-refractivity contribution is 5.75. The lowest BCUT2D eigenvalue weighted by Crippen LogP contribution is -2.52. The van der Waals surface area contributed by atoms with Gasteiger partial charge in [-0.1, -0.05) is 6.07 Å². The van der Waals surface area contributed by atoms with E-state index in [1.807, 2.05) is 0 Å². The molecule has 2 atom stereocenters. The molecule has 2 aliphatic rings. The Kier molecular flexibility index (Phi) is 4.53. The smallest absolute Gasteiger partial charge is 0.317 e. The summed E-state index contributed by atoms with van der Waals surface area (Å²) in [6.45, 7) is 6.57. The third-order valence-corrected chi connectivity index (χ3v) is 4.84. The van der Waals surface area contributed by atoms with Gasteiger partial charge in [0.25, 0.3) is 0 Å². The van der Waals surface area contributed by atoms with E-state index in [4.69, 9.17) is 0 Å². The van der Waals surface area contributed by atoms with Crippen molar-refractivity contribution in [3.8, 4) is 0 Å². The molecular formula is C17H23F2N3O. The summed E-state index contributed by atoms with van der Waals surface area (Å²) in [6, 6.07) is 4.02. The van der Waals surface area contributed by atoms with E-state index in [2.05, 4.69) is 24.1 Å². The maximum Gasteiger partial charge on any atom is 0.317 e. The molecule has 2 amide bonds. The monoisotopic (exact) mass is 323 g/mol. The molecule has 0 radical (unpaired) electrons. The van der Waals surface area contributed by atoms with Gasteiger partial charge >= 0.3 is 6.03 Å². The molecule has 6 heteroatoms. The van der Waals surface area contributed by atoms with Crippen molar-refractivity contribution in [2.24, 2.45) is 0 Å². The van der Waals surface area contributed by atoms with Crippen LogP contribution in [-0.2, 0) is 0 Å². The number of carbonyl (C=O) groups excluding carboxylic acids is 1. The van der Waals surface area contributed by atoms with Gasteiger partial charge < -0.3 is 10.2 Å². The van der Waals surface area contributed by atoms with E-state index in [1.165, 1.54) is 6.07 Å². The van der Waals surface area contributed by atoms with Crippen LogP contribution in [0.5, 0.6) is 0 Å². The molecule has 1 N–H and O–H groups in total. The van der Waals surface area contributed by atoms with Crippen LogP contribution in [0.4, 0.5) is 13.6 Å². The van der Waals surface area contributed by atoms with Gasteiger partial charge in [0.05, 0.1) is 12.1 Å². The van der Waals surface area contributed by atoms with E-state index in [0.717, 1.165) is 38.5 Å². The van der Waals surface area contributed by atoms with Crippen molar-refractivity contribution in [1.82, 2.24) is 15.1 Å². The van der Waals surface area contributed by atoms with Gasteiger partial charge in [0.15, 0.2) is 11.6 Å². The van der Waals surface area contributed by atoms with Gasteiger partial charge in [-0.25, -0.2) is 13.6 Å². The molecule has 0 spiro atoms. The molecule has 2 saturated heterocycles. The fourth-order valence-corrected chi connectivity index (χ4v) is 3.44. The maximum absolute atomic E-state index is 13.7. The van der Waals surface area contributed by atoms with E-state index >= 15 is 0 Å². The number of hydrogen-bond acceptors (Lipinski definition) is 2. The predicted molar refractivity (Wildman–Crippen MR) is 84.1 cm³/mol. The van der Waals surface area contributed by atoms with Crippen molar-refractivity contribution >= 4 is 6.03 Å². The van der Waals surface area contributed by atoms with Crippen LogP contribution in [0.3, 0.4) is 0 Å². The summed E-state index contributed by atoms with van der Waals surface area (Å²) in [5.41, 5.74) is 0.712. The van der Waals surface area contributed by atoms with Crippen LogP contribution in [0.15, 0.2) is 18.2 Å². The first kappa shape index (κ1) is 16.2. The standard InChI is InChI=1S/C17H23F2N3O/c1-11(2)22-9-6-15(20-17(23)21-7-3-8-21)16(22)12-4-5-13(18)14(19)10-12/h4-5,10-11,15-16H,3,6-9H2,1-2H3,(H,20,23)/t15-,16-/m0/s1. The molecule has 0 aliphatic carbocycles. The van der Waals surface area contributed by atoms with Crippen LogP contribution in [0.1, 0.15) is 38.3 Å². The van der Waals surface area contributed by atoms with Crippen molar-refractivity contribution in [2.75, 3.05) is 19.6 Å². The third kappa shape index (κ3) is 3.17. The molecule has 0 unspecified atom stereocenters. The first-order chi connectivity index (χ1) is 11.0. The van der Waals surface area contributed by atoms with Gasteiger partial charge in [-0.3, -0.25) is 4.90 Å². The molecule has 4 nitrogen and oxygen atoms in total. The van der Waals surface area contributed by atoms with Crippen molar-refractivity contribution in [3.05, 3.63) is 35.4 Å². The summed E-state index contributed by atoms with van der Waals surface area (Å²) in [5, 5.41) is 3.08. The van der Waals surface area contributed by atoms with Crippen LogP contribution in [0.2, 0.25) is 0 Å². The zero-order chi connectivity index (χ0) is 16.6. The molecule has 23 heavy (non-hydrogen) atoms. The Morgan fingerprint density at radius 2 is 1.96 bits per heavy atom. The fraction of sp³-hybridized carbons (Fsp3) is 0.588. The SMILES string of the molecule is CC(C)N1CC[C@H](NC(=O)N2CCC2)[C@@H]1c1ccc(F)c(F)c1. The normalized spacial score (nSPS) is 24.8. The minimum absolute atomic E-state index is 0.0561. The molecule has 126 valence electrons. The molecule has 1 aromatic rings. The second-order valence-corrected chi connectivity index (χ2v) is 6.64. The van der Waals surface area contributed by atoms with Crippen LogP contribution in [0, 0.1) is 11.6 Å². The molecule has 0 aromatic heterocycles. The Morgan fingerprint density at radius 3 is 2.52 bits per heavy atom. The minimum Gasteiger partial charge on any atom is -0.333 e. The molecule has 0 saturated carbocycles. The van der Waals surface area contributed by atoms with Gasteiger partial charge in [-0.2, -0.15) is 0 Å². The molecule has 2 aliphatic heterocycles. The second-order valence-electron chi connectivity index (χ2n) is 6.64. The molecular weight excluding hydrogens is 300 g/mol. The molecule has 1 aromatic carbocycles. The number of benzene rings is 1.